The standard InChI is InChI=1S/C27H21FN2OS2/c28-23-13-11-19(21-8-4-5-9-22(21)23)17-32-27-30-24-14-12-20(16-25(24)33-27)29-26(31)15-10-18-6-2-1-3-7-18/h1-9,11-14,16H,10,15,17H2,(H,29,31). The smallest absolute Gasteiger partial charge is 0.224 e. The van der Waals surface area contributed by atoms with Crippen LogP contribution in [0.25, 0.3) is 21.0 Å². The number of halogens is 1. The predicted octanol–water partition coefficient (Wildman–Crippen LogP) is 7.45. The van der Waals surface area contributed by atoms with E-state index in [1.807, 2.05) is 78.9 Å². The molecule has 6 heteroatoms. The number of amides is 1. The summed E-state index contributed by atoms with van der Waals surface area (Å²) >= 11 is 3.25. The maximum atomic E-state index is 14.1. The summed E-state index contributed by atoms with van der Waals surface area (Å²) in [5, 5.41) is 4.58. The fourth-order valence-corrected chi connectivity index (χ4v) is 5.87. The van der Waals surface area contributed by atoms with E-state index in [1.165, 1.54) is 6.07 Å². The van der Waals surface area contributed by atoms with Gasteiger partial charge in [-0.1, -0.05) is 72.4 Å². The molecule has 0 radical (unpaired) electrons. The Bertz CT molecular complexity index is 1430. The van der Waals surface area contributed by atoms with Crippen molar-refractivity contribution in [2.45, 2.75) is 22.9 Å². The Labute approximate surface area is 199 Å². The van der Waals surface area contributed by atoms with Crippen LogP contribution in [0.3, 0.4) is 0 Å². The Kier molecular flexibility index (Phi) is 6.37. The molecule has 0 spiro atoms. The molecule has 3 nitrogen and oxygen atoms in total. The Morgan fingerprint density at radius 1 is 0.939 bits per heavy atom. The molecule has 0 aliphatic carbocycles. The molecule has 0 fully saturated rings. The summed E-state index contributed by atoms with van der Waals surface area (Å²) in [7, 11) is 0. The molecule has 0 aliphatic heterocycles. The SMILES string of the molecule is O=C(CCc1ccccc1)Nc1ccc2nc(SCc3ccc(F)c4ccccc34)sc2c1. The van der Waals surface area contributed by atoms with Crippen LogP contribution < -0.4 is 5.32 Å². The number of thiazole rings is 1. The average molecular weight is 473 g/mol. The lowest BCUT2D eigenvalue weighted by Crippen LogP contribution is -2.12. The third-order valence-electron chi connectivity index (χ3n) is 5.45. The third-order valence-corrected chi connectivity index (χ3v) is 7.66. The number of nitrogens with zero attached hydrogens (tertiary/aromatic N) is 1. The van der Waals surface area contributed by atoms with Gasteiger partial charge in [-0.15, -0.1) is 11.3 Å². The van der Waals surface area contributed by atoms with E-state index in [0.717, 1.165) is 36.8 Å². The lowest BCUT2D eigenvalue weighted by atomic mass is 10.1. The lowest BCUT2D eigenvalue weighted by Gasteiger charge is -2.06. The molecule has 0 aliphatic rings. The molecule has 0 bridgehead atoms. The number of hydrogen-bond acceptors (Lipinski definition) is 4. The van der Waals surface area contributed by atoms with E-state index in [2.05, 4.69) is 5.32 Å². The van der Waals surface area contributed by atoms with E-state index >= 15 is 0 Å². The fraction of sp³-hybridized carbons (Fsp3) is 0.111. The number of aryl methyl sites for hydroxylation is 1. The third kappa shape index (κ3) is 5.07. The van der Waals surface area contributed by atoms with Crippen molar-refractivity contribution >= 4 is 55.7 Å². The quantitative estimate of drug-likeness (QED) is 0.250. The number of anilines is 1. The summed E-state index contributed by atoms with van der Waals surface area (Å²) in [5.41, 5.74) is 3.93. The van der Waals surface area contributed by atoms with E-state index in [9.17, 15) is 9.18 Å². The van der Waals surface area contributed by atoms with Gasteiger partial charge in [0.1, 0.15) is 5.82 Å². The normalized spacial score (nSPS) is 11.2. The first kappa shape index (κ1) is 21.6. The number of aromatic nitrogens is 1. The van der Waals surface area contributed by atoms with E-state index in [0.29, 0.717) is 24.0 Å². The molecule has 0 saturated carbocycles. The molecule has 1 N–H and O–H groups in total. The first-order valence-electron chi connectivity index (χ1n) is 10.7. The van der Waals surface area contributed by atoms with Gasteiger partial charge in [-0.3, -0.25) is 4.79 Å². The van der Waals surface area contributed by atoms with Gasteiger partial charge in [0.15, 0.2) is 4.34 Å². The van der Waals surface area contributed by atoms with Crippen LogP contribution in [0, 0.1) is 5.82 Å². The van der Waals surface area contributed by atoms with Crippen molar-refractivity contribution in [3.63, 3.8) is 0 Å². The minimum Gasteiger partial charge on any atom is -0.326 e. The Morgan fingerprint density at radius 3 is 2.58 bits per heavy atom. The minimum atomic E-state index is -0.197. The number of fused-ring (bicyclic) bond motifs is 2. The van der Waals surface area contributed by atoms with Crippen LogP contribution in [-0.2, 0) is 17.0 Å². The molecule has 1 amide bonds. The van der Waals surface area contributed by atoms with Crippen molar-refractivity contribution < 1.29 is 9.18 Å². The van der Waals surface area contributed by atoms with Gasteiger partial charge in [0, 0.05) is 23.2 Å². The van der Waals surface area contributed by atoms with Crippen LogP contribution in [-0.4, -0.2) is 10.9 Å². The zero-order valence-corrected chi connectivity index (χ0v) is 19.4. The molecule has 33 heavy (non-hydrogen) atoms. The van der Waals surface area contributed by atoms with Crippen molar-refractivity contribution in [2.75, 3.05) is 5.32 Å². The lowest BCUT2D eigenvalue weighted by molar-refractivity contribution is -0.116. The molecule has 0 atom stereocenters. The summed E-state index contributed by atoms with van der Waals surface area (Å²) in [6.07, 6.45) is 1.16. The maximum Gasteiger partial charge on any atom is 0.224 e. The van der Waals surface area contributed by atoms with Gasteiger partial charge in [-0.25, -0.2) is 9.37 Å². The molecular weight excluding hydrogens is 451 g/mol. The first-order valence-corrected chi connectivity index (χ1v) is 12.5. The minimum absolute atomic E-state index is 0.000467. The number of carbonyl (C=O) groups is 1. The van der Waals surface area contributed by atoms with Crippen LogP contribution in [0.15, 0.2) is 89.3 Å². The van der Waals surface area contributed by atoms with Crippen molar-refractivity contribution in [1.82, 2.24) is 4.98 Å². The van der Waals surface area contributed by atoms with Crippen molar-refractivity contribution in [1.29, 1.82) is 0 Å². The van der Waals surface area contributed by atoms with Crippen LogP contribution in [0.5, 0.6) is 0 Å². The van der Waals surface area contributed by atoms with Gasteiger partial charge < -0.3 is 5.32 Å². The highest BCUT2D eigenvalue weighted by molar-refractivity contribution is 8.00. The Balaban J connectivity index is 1.25. The van der Waals surface area contributed by atoms with Crippen LogP contribution in [0.2, 0.25) is 0 Å². The Hall–Kier alpha value is -3.22. The van der Waals surface area contributed by atoms with Crippen molar-refractivity contribution in [2.24, 2.45) is 0 Å². The second-order valence-electron chi connectivity index (χ2n) is 7.74. The van der Waals surface area contributed by atoms with Crippen LogP contribution >= 0.6 is 23.1 Å². The predicted molar refractivity (Wildman–Crippen MR) is 136 cm³/mol. The monoisotopic (exact) mass is 472 g/mol. The molecule has 1 aromatic heterocycles. The van der Waals surface area contributed by atoms with E-state index in [4.69, 9.17) is 4.98 Å². The Morgan fingerprint density at radius 2 is 1.73 bits per heavy atom. The van der Waals surface area contributed by atoms with E-state index in [-0.39, 0.29) is 11.7 Å². The molecular formula is C27H21FN2OS2. The summed E-state index contributed by atoms with van der Waals surface area (Å²) < 4.78 is 16.1. The van der Waals surface area contributed by atoms with Gasteiger partial charge in [0.05, 0.1) is 10.2 Å². The number of rotatable bonds is 7. The number of hydrogen-bond donors (Lipinski definition) is 1. The van der Waals surface area contributed by atoms with Gasteiger partial charge in [0.2, 0.25) is 5.91 Å². The summed E-state index contributed by atoms with van der Waals surface area (Å²) in [4.78, 5) is 17.1. The number of thioether (sulfide) groups is 1. The average Bonchev–Trinajstić information content (AvgIpc) is 3.25. The summed E-state index contributed by atoms with van der Waals surface area (Å²) in [6, 6.07) is 26.8. The molecule has 0 unspecified atom stereocenters. The topological polar surface area (TPSA) is 42.0 Å². The van der Waals surface area contributed by atoms with Gasteiger partial charge in [-0.2, -0.15) is 0 Å². The van der Waals surface area contributed by atoms with Crippen LogP contribution in [0.4, 0.5) is 10.1 Å². The second kappa shape index (κ2) is 9.73. The second-order valence-corrected chi connectivity index (χ2v) is 9.99. The van der Waals surface area contributed by atoms with Crippen molar-refractivity contribution in [3.8, 4) is 0 Å². The fourth-order valence-electron chi connectivity index (χ4n) is 3.76. The molecule has 1 heterocycles. The number of carbonyl (C=O) groups excluding carboxylic acids is 1. The molecule has 4 aromatic carbocycles. The van der Waals surface area contributed by atoms with Crippen molar-refractivity contribution in [3.05, 3.63) is 102 Å². The van der Waals surface area contributed by atoms with Gasteiger partial charge >= 0.3 is 0 Å². The summed E-state index contributed by atoms with van der Waals surface area (Å²) in [5.74, 6) is 0.516. The van der Waals surface area contributed by atoms with Crippen LogP contribution in [0.1, 0.15) is 17.5 Å². The molecule has 164 valence electrons. The highest BCUT2D eigenvalue weighted by Gasteiger charge is 2.10. The largest absolute Gasteiger partial charge is 0.326 e. The first-order chi connectivity index (χ1) is 16.2. The number of benzene rings is 4. The molecule has 5 rings (SSSR count). The molecule has 5 aromatic rings. The maximum absolute atomic E-state index is 14.1. The van der Waals surface area contributed by atoms with Gasteiger partial charge in [0.25, 0.3) is 0 Å². The summed E-state index contributed by atoms with van der Waals surface area (Å²) in [6.45, 7) is 0. The number of nitrogens with one attached hydrogen (secondary N) is 1. The zero-order valence-electron chi connectivity index (χ0n) is 17.8. The van der Waals surface area contributed by atoms with E-state index < -0.39 is 0 Å². The zero-order chi connectivity index (χ0) is 22.6. The highest BCUT2D eigenvalue weighted by Crippen LogP contribution is 2.34. The highest BCUT2D eigenvalue weighted by atomic mass is 32.2. The van der Waals surface area contributed by atoms with Gasteiger partial charge in [-0.05, 0) is 47.2 Å². The molecule has 0 saturated heterocycles. The van der Waals surface area contributed by atoms with E-state index in [1.54, 1.807) is 23.1 Å².